The van der Waals surface area contributed by atoms with Gasteiger partial charge in [0.25, 0.3) is 0 Å². The van der Waals surface area contributed by atoms with Crippen LogP contribution in [0, 0.1) is 11.6 Å². The molecule has 1 heterocycles. The van der Waals surface area contributed by atoms with Gasteiger partial charge in [-0.25, -0.2) is 8.78 Å². The molecule has 0 aliphatic carbocycles. The van der Waals surface area contributed by atoms with Crippen LogP contribution in [0.1, 0.15) is 18.5 Å². The smallest absolute Gasteiger partial charge is 0.137 e. The van der Waals surface area contributed by atoms with E-state index < -0.39 is 17.7 Å². The summed E-state index contributed by atoms with van der Waals surface area (Å²) >= 11 is 2.97. The Bertz CT molecular complexity index is 439. The molecule has 0 spiro atoms. The third kappa shape index (κ3) is 3.51. The topological polar surface area (TPSA) is 30.5 Å². The molecule has 2 rings (SSSR count). The number of nitrogens with one attached hydrogen (secondary N) is 1. The highest BCUT2D eigenvalue weighted by atomic mass is 79.9. The fraction of sp³-hybridized carbons (Fsp3) is 0.538. The van der Waals surface area contributed by atoms with E-state index in [1.807, 2.05) is 6.92 Å². The second-order valence-corrected chi connectivity index (χ2v) is 5.16. The molecule has 19 heavy (non-hydrogen) atoms. The Balaban J connectivity index is 2.29. The van der Waals surface area contributed by atoms with Crippen molar-refractivity contribution >= 4 is 15.9 Å². The van der Waals surface area contributed by atoms with Gasteiger partial charge in [0.2, 0.25) is 0 Å². The van der Waals surface area contributed by atoms with Gasteiger partial charge in [-0.3, -0.25) is 0 Å². The summed E-state index contributed by atoms with van der Waals surface area (Å²) < 4.78 is 38.7. The van der Waals surface area contributed by atoms with E-state index in [-0.39, 0.29) is 16.1 Å². The van der Waals surface area contributed by atoms with Crippen molar-refractivity contribution in [2.45, 2.75) is 19.1 Å². The van der Waals surface area contributed by atoms with Gasteiger partial charge >= 0.3 is 0 Å². The van der Waals surface area contributed by atoms with Gasteiger partial charge in [0, 0.05) is 5.56 Å². The maximum Gasteiger partial charge on any atom is 0.137 e. The van der Waals surface area contributed by atoms with E-state index >= 15 is 0 Å². The first-order valence-corrected chi connectivity index (χ1v) is 7.00. The van der Waals surface area contributed by atoms with Crippen LogP contribution in [-0.4, -0.2) is 32.5 Å². The lowest BCUT2D eigenvalue weighted by molar-refractivity contribution is -0.102. The van der Waals surface area contributed by atoms with Crippen molar-refractivity contribution in [3.63, 3.8) is 0 Å². The van der Waals surface area contributed by atoms with Gasteiger partial charge in [-0.2, -0.15) is 0 Å². The zero-order valence-electron chi connectivity index (χ0n) is 10.6. The molecule has 1 fully saturated rings. The largest absolute Gasteiger partial charge is 0.376 e. The fourth-order valence-electron chi connectivity index (χ4n) is 2.14. The molecule has 0 radical (unpaired) electrons. The SMILES string of the molecule is CCNC(c1cc(F)c(Br)cc1F)C1COCCO1. The summed E-state index contributed by atoms with van der Waals surface area (Å²) in [6.45, 7) is 3.90. The highest BCUT2D eigenvalue weighted by molar-refractivity contribution is 9.10. The van der Waals surface area contributed by atoms with Gasteiger partial charge in [-0.1, -0.05) is 6.92 Å². The van der Waals surface area contributed by atoms with E-state index in [9.17, 15) is 8.78 Å². The highest BCUT2D eigenvalue weighted by Crippen LogP contribution is 2.28. The molecule has 2 unspecified atom stereocenters. The summed E-state index contributed by atoms with van der Waals surface area (Å²) in [4.78, 5) is 0. The highest BCUT2D eigenvalue weighted by Gasteiger charge is 2.28. The van der Waals surface area contributed by atoms with Crippen molar-refractivity contribution in [3.8, 4) is 0 Å². The Kier molecular flexibility index (Phi) is 5.27. The van der Waals surface area contributed by atoms with Crippen LogP contribution >= 0.6 is 15.9 Å². The van der Waals surface area contributed by atoms with Gasteiger partial charge < -0.3 is 14.8 Å². The van der Waals surface area contributed by atoms with Crippen molar-refractivity contribution in [3.05, 3.63) is 33.8 Å². The number of rotatable bonds is 4. The quantitative estimate of drug-likeness (QED) is 0.858. The predicted molar refractivity (Wildman–Crippen MR) is 71.0 cm³/mol. The zero-order chi connectivity index (χ0) is 13.8. The van der Waals surface area contributed by atoms with E-state index in [1.54, 1.807) is 0 Å². The third-order valence-corrected chi connectivity index (χ3v) is 3.62. The molecule has 0 amide bonds. The lowest BCUT2D eigenvalue weighted by Crippen LogP contribution is -2.41. The standard InChI is InChI=1S/C13H16BrF2NO2/c1-2-17-13(12-7-18-3-4-19-12)8-5-11(16)9(14)6-10(8)15/h5-6,12-13,17H,2-4,7H2,1H3. The molecule has 0 aromatic heterocycles. The molecule has 1 aromatic rings. The Hall–Kier alpha value is -0.560. The van der Waals surface area contributed by atoms with Crippen LogP contribution in [-0.2, 0) is 9.47 Å². The molecule has 1 aromatic carbocycles. The van der Waals surface area contributed by atoms with Gasteiger partial charge in [-0.15, -0.1) is 0 Å². The Morgan fingerprint density at radius 1 is 1.37 bits per heavy atom. The van der Waals surface area contributed by atoms with Crippen LogP contribution in [0.25, 0.3) is 0 Å². The normalized spacial score (nSPS) is 21.4. The number of hydrogen-bond acceptors (Lipinski definition) is 3. The maximum absolute atomic E-state index is 14.0. The first-order valence-electron chi connectivity index (χ1n) is 6.20. The van der Waals surface area contributed by atoms with E-state index in [1.165, 1.54) is 6.07 Å². The predicted octanol–water partition coefficient (Wildman–Crippen LogP) is 2.79. The van der Waals surface area contributed by atoms with E-state index in [2.05, 4.69) is 21.2 Å². The zero-order valence-corrected chi connectivity index (χ0v) is 12.2. The van der Waals surface area contributed by atoms with E-state index in [4.69, 9.17) is 9.47 Å². The Morgan fingerprint density at radius 3 is 2.79 bits per heavy atom. The summed E-state index contributed by atoms with van der Waals surface area (Å²) in [5, 5.41) is 3.13. The lowest BCUT2D eigenvalue weighted by Gasteiger charge is -2.31. The van der Waals surface area contributed by atoms with Crippen molar-refractivity contribution in [1.29, 1.82) is 0 Å². The van der Waals surface area contributed by atoms with Crippen LogP contribution in [0.5, 0.6) is 0 Å². The average molecular weight is 336 g/mol. The van der Waals surface area contributed by atoms with Gasteiger partial charge in [0.1, 0.15) is 17.7 Å². The number of hydrogen-bond donors (Lipinski definition) is 1. The maximum atomic E-state index is 14.0. The number of ether oxygens (including phenoxy) is 2. The first-order chi connectivity index (χ1) is 9.13. The summed E-state index contributed by atoms with van der Waals surface area (Å²) in [7, 11) is 0. The van der Waals surface area contributed by atoms with Crippen LogP contribution in [0.4, 0.5) is 8.78 Å². The number of benzene rings is 1. The first kappa shape index (κ1) is 14.8. The molecule has 0 saturated carbocycles. The molecule has 2 atom stereocenters. The van der Waals surface area contributed by atoms with Crippen LogP contribution in [0.2, 0.25) is 0 Å². The monoisotopic (exact) mass is 335 g/mol. The minimum Gasteiger partial charge on any atom is -0.376 e. The van der Waals surface area contributed by atoms with E-state index in [0.29, 0.717) is 26.4 Å². The minimum absolute atomic E-state index is 0.116. The molecule has 1 aliphatic heterocycles. The van der Waals surface area contributed by atoms with Crippen LogP contribution in [0.15, 0.2) is 16.6 Å². The summed E-state index contributed by atoms with van der Waals surface area (Å²) in [5.41, 5.74) is 0.262. The second kappa shape index (κ2) is 6.74. The summed E-state index contributed by atoms with van der Waals surface area (Å²) in [5.74, 6) is -0.954. The van der Waals surface area contributed by atoms with Gasteiger partial charge in [0.15, 0.2) is 0 Å². The van der Waals surface area contributed by atoms with Gasteiger partial charge in [0.05, 0.1) is 30.3 Å². The summed E-state index contributed by atoms with van der Waals surface area (Å²) in [6, 6.07) is 1.91. The molecule has 1 N–H and O–H groups in total. The molecule has 1 saturated heterocycles. The number of halogens is 3. The Labute approximate surface area is 119 Å². The van der Waals surface area contributed by atoms with Crippen molar-refractivity contribution < 1.29 is 18.3 Å². The molecule has 106 valence electrons. The summed E-state index contributed by atoms with van der Waals surface area (Å²) in [6.07, 6.45) is -0.316. The minimum atomic E-state index is -0.490. The van der Waals surface area contributed by atoms with Crippen LogP contribution < -0.4 is 5.32 Å². The fourth-order valence-corrected chi connectivity index (χ4v) is 2.45. The van der Waals surface area contributed by atoms with Crippen molar-refractivity contribution in [2.75, 3.05) is 26.4 Å². The van der Waals surface area contributed by atoms with Gasteiger partial charge in [-0.05, 0) is 34.6 Å². The van der Waals surface area contributed by atoms with Crippen molar-refractivity contribution in [1.82, 2.24) is 5.32 Å². The lowest BCUT2D eigenvalue weighted by atomic mass is 10.0. The molecule has 3 nitrogen and oxygen atoms in total. The van der Waals surface area contributed by atoms with E-state index in [0.717, 1.165) is 6.07 Å². The molecule has 1 aliphatic rings. The average Bonchev–Trinajstić information content (AvgIpc) is 2.42. The van der Waals surface area contributed by atoms with Crippen molar-refractivity contribution in [2.24, 2.45) is 0 Å². The second-order valence-electron chi connectivity index (χ2n) is 4.31. The number of likely N-dealkylation sites (N-methyl/N-ethyl adjacent to an activating group) is 1. The molecule has 0 bridgehead atoms. The van der Waals surface area contributed by atoms with Crippen LogP contribution in [0.3, 0.4) is 0 Å². The molecular weight excluding hydrogens is 320 g/mol. The Morgan fingerprint density at radius 2 is 2.16 bits per heavy atom. The third-order valence-electron chi connectivity index (χ3n) is 3.01. The molecule has 6 heteroatoms. The molecular formula is C13H16BrF2NO2.